The first-order valence-electron chi connectivity index (χ1n) is 8.64. The molecule has 138 valence electrons. The third-order valence-corrected chi connectivity index (χ3v) is 4.61. The zero-order valence-corrected chi connectivity index (χ0v) is 15.6. The standard InChI is InChI=1S/C21H16N4O2S/c26-19(14-5-3-11-22-12-14)24-21(28)23-16-7-9-17(10-8-16)25-13-15-4-1-2-6-18(15)20(25)27/h1-12H,13H2,(H2,23,24,26,28). The lowest BCUT2D eigenvalue weighted by atomic mass is 10.1. The molecular formula is C21H16N4O2S. The van der Waals surface area contributed by atoms with Crippen molar-refractivity contribution in [1.29, 1.82) is 0 Å². The van der Waals surface area contributed by atoms with Crippen LogP contribution in [0, 0.1) is 0 Å². The minimum atomic E-state index is -0.331. The maximum absolute atomic E-state index is 12.6. The fraction of sp³-hybridized carbons (Fsp3) is 0.0476. The van der Waals surface area contributed by atoms with Crippen LogP contribution in [0.25, 0.3) is 0 Å². The van der Waals surface area contributed by atoms with Gasteiger partial charge in [-0.15, -0.1) is 0 Å². The van der Waals surface area contributed by atoms with Gasteiger partial charge in [0.1, 0.15) is 0 Å². The average Bonchev–Trinajstić information content (AvgIpc) is 3.06. The Morgan fingerprint density at radius 3 is 2.54 bits per heavy atom. The molecule has 0 atom stereocenters. The predicted molar refractivity (Wildman–Crippen MR) is 111 cm³/mol. The molecule has 2 N–H and O–H groups in total. The predicted octanol–water partition coefficient (Wildman–Crippen LogP) is 3.37. The van der Waals surface area contributed by atoms with Gasteiger partial charge in [-0.2, -0.15) is 0 Å². The van der Waals surface area contributed by atoms with E-state index < -0.39 is 0 Å². The van der Waals surface area contributed by atoms with Crippen LogP contribution in [0.5, 0.6) is 0 Å². The van der Waals surface area contributed by atoms with E-state index in [1.807, 2.05) is 48.5 Å². The van der Waals surface area contributed by atoms with E-state index in [0.29, 0.717) is 17.8 Å². The number of thiocarbonyl (C=S) groups is 1. The van der Waals surface area contributed by atoms with Crippen LogP contribution >= 0.6 is 12.2 Å². The summed E-state index contributed by atoms with van der Waals surface area (Å²) >= 11 is 5.19. The van der Waals surface area contributed by atoms with Crippen molar-refractivity contribution in [2.45, 2.75) is 6.54 Å². The summed E-state index contributed by atoms with van der Waals surface area (Å²) in [5.74, 6) is -0.335. The van der Waals surface area contributed by atoms with Crippen LogP contribution in [-0.4, -0.2) is 21.9 Å². The van der Waals surface area contributed by atoms with E-state index in [2.05, 4.69) is 15.6 Å². The number of carbonyl (C=O) groups excluding carboxylic acids is 2. The summed E-state index contributed by atoms with van der Waals surface area (Å²) < 4.78 is 0. The van der Waals surface area contributed by atoms with Gasteiger partial charge in [0.05, 0.1) is 12.1 Å². The number of hydrogen-bond acceptors (Lipinski definition) is 4. The Balaban J connectivity index is 1.40. The zero-order valence-electron chi connectivity index (χ0n) is 14.8. The van der Waals surface area contributed by atoms with Gasteiger partial charge in [-0.25, -0.2) is 0 Å². The second kappa shape index (κ2) is 7.58. The number of pyridine rings is 1. The van der Waals surface area contributed by atoms with Gasteiger partial charge in [0.2, 0.25) is 0 Å². The number of nitrogens with zero attached hydrogens (tertiary/aromatic N) is 2. The van der Waals surface area contributed by atoms with E-state index in [4.69, 9.17) is 12.2 Å². The Kier molecular flexibility index (Phi) is 4.82. The largest absolute Gasteiger partial charge is 0.332 e. The number of benzene rings is 2. The van der Waals surface area contributed by atoms with Crippen molar-refractivity contribution in [3.05, 3.63) is 89.7 Å². The molecule has 0 saturated heterocycles. The number of fused-ring (bicyclic) bond motifs is 1. The SMILES string of the molecule is O=C(NC(=S)Nc1ccc(N2Cc3ccccc3C2=O)cc1)c1cccnc1. The first kappa shape index (κ1) is 17.8. The summed E-state index contributed by atoms with van der Waals surface area (Å²) in [7, 11) is 0. The van der Waals surface area contributed by atoms with Crippen LogP contribution in [0.3, 0.4) is 0 Å². The fourth-order valence-corrected chi connectivity index (χ4v) is 3.23. The van der Waals surface area contributed by atoms with Crippen molar-refractivity contribution in [3.63, 3.8) is 0 Å². The highest BCUT2D eigenvalue weighted by atomic mass is 32.1. The molecule has 0 saturated carbocycles. The molecule has 1 aliphatic rings. The molecular weight excluding hydrogens is 372 g/mol. The Morgan fingerprint density at radius 2 is 1.82 bits per heavy atom. The van der Waals surface area contributed by atoms with Crippen LogP contribution in [0.4, 0.5) is 11.4 Å². The molecule has 0 bridgehead atoms. The monoisotopic (exact) mass is 388 g/mol. The van der Waals surface area contributed by atoms with Crippen LogP contribution in [-0.2, 0) is 6.54 Å². The number of aromatic nitrogens is 1. The molecule has 0 spiro atoms. The van der Waals surface area contributed by atoms with E-state index >= 15 is 0 Å². The Labute approximate surface area is 167 Å². The molecule has 1 aromatic heterocycles. The second-order valence-corrected chi connectivity index (χ2v) is 6.65. The van der Waals surface area contributed by atoms with E-state index in [1.54, 1.807) is 23.2 Å². The summed E-state index contributed by atoms with van der Waals surface area (Å²) in [6.45, 7) is 0.557. The molecule has 7 heteroatoms. The van der Waals surface area contributed by atoms with Crippen molar-refractivity contribution in [3.8, 4) is 0 Å². The number of hydrogen-bond donors (Lipinski definition) is 2. The molecule has 2 heterocycles. The van der Waals surface area contributed by atoms with Gasteiger partial charge in [0, 0.05) is 29.3 Å². The number of carbonyl (C=O) groups is 2. The maximum atomic E-state index is 12.6. The fourth-order valence-electron chi connectivity index (χ4n) is 3.02. The summed E-state index contributed by atoms with van der Waals surface area (Å²) in [5.41, 5.74) is 3.70. The Morgan fingerprint density at radius 1 is 1.04 bits per heavy atom. The Bertz CT molecular complexity index is 1050. The van der Waals surface area contributed by atoms with Gasteiger partial charge in [-0.05, 0) is 60.2 Å². The summed E-state index contributed by atoms with van der Waals surface area (Å²) in [6.07, 6.45) is 3.07. The highest BCUT2D eigenvalue weighted by Gasteiger charge is 2.27. The molecule has 28 heavy (non-hydrogen) atoms. The minimum absolute atomic E-state index is 0.00411. The van der Waals surface area contributed by atoms with Crippen molar-refractivity contribution < 1.29 is 9.59 Å². The third-order valence-electron chi connectivity index (χ3n) is 4.41. The molecule has 0 unspecified atom stereocenters. The topological polar surface area (TPSA) is 74.3 Å². The number of amides is 2. The van der Waals surface area contributed by atoms with E-state index in [1.165, 1.54) is 6.20 Å². The highest BCUT2D eigenvalue weighted by molar-refractivity contribution is 7.80. The molecule has 2 aromatic carbocycles. The van der Waals surface area contributed by atoms with Gasteiger partial charge in [0.25, 0.3) is 11.8 Å². The summed E-state index contributed by atoms with van der Waals surface area (Å²) in [4.78, 5) is 30.3. The lowest BCUT2D eigenvalue weighted by molar-refractivity contribution is 0.0974. The molecule has 0 radical (unpaired) electrons. The number of nitrogens with one attached hydrogen (secondary N) is 2. The first-order valence-corrected chi connectivity index (χ1v) is 9.05. The van der Waals surface area contributed by atoms with Crippen LogP contribution in [0.2, 0.25) is 0 Å². The van der Waals surface area contributed by atoms with E-state index in [0.717, 1.165) is 16.8 Å². The minimum Gasteiger partial charge on any atom is -0.332 e. The molecule has 6 nitrogen and oxygen atoms in total. The third kappa shape index (κ3) is 3.60. The lowest BCUT2D eigenvalue weighted by Gasteiger charge is -2.16. The van der Waals surface area contributed by atoms with Crippen LogP contribution < -0.4 is 15.5 Å². The molecule has 0 fully saturated rings. The van der Waals surface area contributed by atoms with Gasteiger partial charge < -0.3 is 10.2 Å². The maximum Gasteiger partial charge on any atom is 0.258 e. The quantitative estimate of drug-likeness (QED) is 0.673. The number of anilines is 2. The molecule has 0 aliphatic carbocycles. The number of rotatable bonds is 3. The van der Waals surface area contributed by atoms with Crippen LogP contribution in [0.15, 0.2) is 73.1 Å². The molecule has 1 aliphatic heterocycles. The zero-order chi connectivity index (χ0) is 19.5. The van der Waals surface area contributed by atoms with E-state index in [-0.39, 0.29) is 16.9 Å². The average molecular weight is 388 g/mol. The normalized spacial score (nSPS) is 12.4. The van der Waals surface area contributed by atoms with Crippen molar-refractivity contribution >= 4 is 40.5 Å². The smallest absolute Gasteiger partial charge is 0.258 e. The summed E-state index contributed by atoms with van der Waals surface area (Å²) in [5, 5.41) is 5.76. The van der Waals surface area contributed by atoms with Gasteiger partial charge in [-0.3, -0.25) is 19.9 Å². The molecule has 3 aromatic rings. The van der Waals surface area contributed by atoms with Gasteiger partial charge in [-0.1, -0.05) is 18.2 Å². The molecule has 2 amide bonds. The van der Waals surface area contributed by atoms with Gasteiger partial charge >= 0.3 is 0 Å². The second-order valence-electron chi connectivity index (χ2n) is 6.25. The van der Waals surface area contributed by atoms with Gasteiger partial charge in [0.15, 0.2) is 5.11 Å². The Hall–Kier alpha value is -3.58. The van der Waals surface area contributed by atoms with E-state index in [9.17, 15) is 9.59 Å². The van der Waals surface area contributed by atoms with Crippen molar-refractivity contribution in [2.75, 3.05) is 10.2 Å². The van der Waals surface area contributed by atoms with Crippen molar-refractivity contribution in [1.82, 2.24) is 10.3 Å². The first-order chi connectivity index (χ1) is 13.6. The summed E-state index contributed by atoms with van der Waals surface area (Å²) in [6, 6.07) is 18.3. The highest BCUT2D eigenvalue weighted by Crippen LogP contribution is 2.28. The molecule has 4 rings (SSSR count). The van der Waals surface area contributed by atoms with Crippen LogP contribution in [0.1, 0.15) is 26.3 Å². The lowest BCUT2D eigenvalue weighted by Crippen LogP contribution is -2.34. The van der Waals surface area contributed by atoms with Crippen molar-refractivity contribution in [2.24, 2.45) is 0 Å².